The fourth-order valence-electron chi connectivity index (χ4n) is 2.42. The number of hydrogen-bond donors (Lipinski definition) is 2. The van der Waals surface area contributed by atoms with E-state index in [1.165, 1.54) is 13.2 Å². The minimum absolute atomic E-state index is 0. The lowest BCUT2D eigenvalue weighted by Gasteiger charge is -2.12. The average molecular weight is 511 g/mol. The summed E-state index contributed by atoms with van der Waals surface area (Å²) in [5.74, 6) is 1.15. The Morgan fingerprint density at radius 2 is 2.00 bits per heavy atom. The van der Waals surface area contributed by atoms with Crippen molar-refractivity contribution in [1.82, 2.24) is 10.6 Å². The maximum absolute atomic E-state index is 13.4. The predicted molar refractivity (Wildman–Crippen MR) is 122 cm³/mol. The van der Waals surface area contributed by atoms with Crippen LogP contribution in [0.2, 0.25) is 0 Å². The van der Waals surface area contributed by atoms with Gasteiger partial charge in [-0.3, -0.25) is 4.79 Å². The number of nitrogens with zero attached hydrogens (tertiary/aromatic N) is 1. The molecule has 8 heteroatoms. The molecule has 5 nitrogen and oxygen atoms in total. The van der Waals surface area contributed by atoms with Crippen LogP contribution in [-0.4, -0.2) is 38.4 Å². The summed E-state index contributed by atoms with van der Waals surface area (Å²) in [7, 11) is 1.41. The topological polar surface area (TPSA) is 62.7 Å². The molecule has 154 valence electrons. The SMILES string of the molecule is CCNC(=NCc1ccc(F)cc1CSC)NCCCCCC(=O)OC.I. The quantitative estimate of drug-likeness (QED) is 0.154. The summed E-state index contributed by atoms with van der Waals surface area (Å²) in [6.45, 7) is 4.09. The number of benzene rings is 1. The van der Waals surface area contributed by atoms with Crippen LogP contribution < -0.4 is 10.6 Å². The molecule has 0 fully saturated rings. The van der Waals surface area contributed by atoms with Gasteiger partial charge in [-0.05, 0) is 49.3 Å². The Bertz CT molecular complexity index is 588. The van der Waals surface area contributed by atoms with Gasteiger partial charge in [-0.15, -0.1) is 24.0 Å². The number of hydrogen-bond acceptors (Lipinski definition) is 4. The number of unbranched alkanes of at least 4 members (excludes halogenated alkanes) is 2. The predicted octanol–water partition coefficient (Wildman–Crippen LogP) is 4.10. The molecular weight excluding hydrogens is 480 g/mol. The summed E-state index contributed by atoms with van der Waals surface area (Å²) in [4.78, 5) is 15.7. The fraction of sp³-hybridized carbons (Fsp3) is 0.579. The summed E-state index contributed by atoms with van der Waals surface area (Å²) in [6, 6.07) is 4.88. The largest absolute Gasteiger partial charge is 0.469 e. The van der Waals surface area contributed by atoms with Crippen molar-refractivity contribution in [2.24, 2.45) is 4.99 Å². The van der Waals surface area contributed by atoms with Crippen LogP contribution in [0.1, 0.15) is 43.7 Å². The summed E-state index contributed by atoms with van der Waals surface area (Å²) in [6.07, 6.45) is 5.21. The van der Waals surface area contributed by atoms with Gasteiger partial charge in [-0.1, -0.05) is 12.5 Å². The van der Waals surface area contributed by atoms with Crippen LogP contribution in [0, 0.1) is 5.82 Å². The van der Waals surface area contributed by atoms with Crippen molar-refractivity contribution >= 4 is 47.7 Å². The molecular formula is C19H31FIN3O2S. The van der Waals surface area contributed by atoms with Crippen molar-refractivity contribution in [3.8, 4) is 0 Å². The summed E-state index contributed by atoms with van der Waals surface area (Å²) in [5, 5.41) is 6.52. The molecule has 0 saturated carbocycles. The van der Waals surface area contributed by atoms with Crippen LogP contribution in [-0.2, 0) is 21.8 Å². The highest BCUT2D eigenvalue weighted by Crippen LogP contribution is 2.17. The van der Waals surface area contributed by atoms with Crippen molar-refractivity contribution in [2.75, 3.05) is 26.5 Å². The first-order valence-corrected chi connectivity index (χ1v) is 10.3. The lowest BCUT2D eigenvalue weighted by Crippen LogP contribution is -2.37. The highest BCUT2D eigenvalue weighted by Gasteiger charge is 2.05. The van der Waals surface area contributed by atoms with Gasteiger partial charge in [0.2, 0.25) is 0 Å². The van der Waals surface area contributed by atoms with Crippen LogP contribution >= 0.6 is 35.7 Å². The number of nitrogens with one attached hydrogen (secondary N) is 2. The smallest absolute Gasteiger partial charge is 0.305 e. The number of methoxy groups -OCH3 is 1. The molecule has 1 rings (SSSR count). The van der Waals surface area contributed by atoms with E-state index in [0.717, 1.165) is 55.2 Å². The van der Waals surface area contributed by atoms with Gasteiger partial charge in [0.05, 0.1) is 13.7 Å². The van der Waals surface area contributed by atoms with Crippen molar-refractivity contribution in [2.45, 2.75) is 44.9 Å². The lowest BCUT2D eigenvalue weighted by atomic mass is 10.1. The monoisotopic (exact) mass is 511 g/mol. The normalized spacial score (nSPS) is 10.9. The number of carbonyl (C=O) groups excluding carboxylic acids is 1. The van der Waals surface area contributed by atoms with Gasteiger partial charge in [0, 0.05) is 25.3 Å². The molecule has 0 unspecified atom stereocenters. The van der Waals surface area contributed by atoms with E-state index in [9.17, 15) is 9.18 Å². The first-order valence-electron chi connectivity index (χ1n) is 8.96. The number of carbonyl (C=O) groups is 1. The minimum Gasteiger partial charge on any atom is -0.469 e. The van der Waals surface area contributed by atoms with E-state index >= 15 is 0 Å². The molecule has 0 heterocycles. The summed E-state index contributed by atoms with van der Waals surface area (Å²) < 4.78 is 18.1. The fourth-order valence-corrected chi connectivity index (χ4v) is 3.00. The molecule has 0 atom stereocenters. The molecule has 0 spiro atoms. The Kier molecular flexibility index (Phi) is 15.4. The maximum atomic E-state index is 13.4. The second kappa shape index (κ2) is 16.0. The summed E-state index contributed by atoms with van der Waals surface area (Å²) in [5.41, 5.74) is 2.02. The Morgan fingerprint density at radius 3 is 2.67 bits per heavy atom. The third kappa shape index (κ3) is 11.4. The van der Waals surface area contributed by atoms with Gasteiger partial charge in [0.1, 0.15) is 5.82 Å². The minimum atomic E-state index is -0.209. The van der Waals surface area contributed by atoms with Gasteiger partial charge in [-0.2, -0.15) is 11.8 Å². The zero-order valence-electron chi connectivity index (χ0n) is 16.3. The van der Waals surface area contributed by atoms with Crippen LogP contribution in [0.5, 0.6) is 0 Å². The molecule has 0 aromatic heterocycles. The number of aliphatic imine (C=N–C) groups is 1. The lowest BCUT2D eigenvalue weighted by molar-refractivity contribution is -0.140. The number of ether oxygens (including phenoxy) is 1. The first-order chi connectivity index (χ1) is 12.6. The number of esters is 1. The van der Waals surface area contributed by atoms with Gasteiger partial charge < -0.3 is 15.4 Å². The van der Waals surface area contributed by atoms with E-state index in [1.807, 2.05) is 13.2 Å². The number of thioether (sulfide) groups is 1. The van der Waals surface area contributed by atoms with E-state index in [0.29, 0.717) is 13.0 Å². The number of rotatable bonds is 11. The third-order valence-electron chi connectivity index (χ3n) is 3.80. The molecule has 0 saturated heterocycles. The van der Waals surface area contributed by atoms with Gasteiger partial charge in [-0.25, -0.2) is 9.38 Å². The Labute approximate surface area is 183 Å². The number of halogens is 2. The molecule has 0 amide bonds. The summed E-state index contributed by atoms with van der Waals surface area (Å²) >= 11 is 1.67. The van der Waals surface area contributed by atoms with Gasteiger partial charge in [0.15, 0.2) is 5.96 Å². The molecule has 0 radical (unpaired) electrons. The van der Waals surface area contributed by atoms with E-state index in [-0.39, 0.29) is 35.8 Å². The molecule has 0 aliphatic carbocycles. The third-order valence-corrected chi connectivity index (χ3v) is 4.40. The van der Waals surface area contributed by atoms with E-state index in [2.05, 4.69) is 20.4 Å². The zero-order chi connectivity index (χ0) is 19.2. The Morgan fingerprint density at radius 1 is 1.22 bits per heavy atom. The van der Waals surface area contributed by atoms with Gasteiger partial charge in [0.25, 0.3) is 0 Å². The van der Waals surface area contributed by atoms with E-state index in [4.69, 9.17) is 0 Å². The van der Waals surface area contributed by atoms with Gasteiger partial charge >= 0.3 is 5.97 Å². The van der Waals surface area contributed by atoms with Crippen LogP contribution in [0.4, 0.5) is 4.39 Å². The Hall–Kier alpha value is -1.03. The second-order valence-electron chi connectivity index (χ2n) is 5.85. The molecule has 2 N–H and O–H groups in total. The first kappa shape index (κ1) is 26.0. The van der Waals surface area contributed by atoms with Crippen molar-refractivity contribution < 1.29 is 13.9 Å². The Balaban J connectivity index is 0.00000676. The molecule has 27 heavy (non-hydrogen) atoms. The average Bonchev–Trinajstić information content (AvgIpc) is 2.63. The standard InChI is InChI=1S/C19H30FN3O2S.HI/c1-4-21-19(22-11-7-5-6-8-18(24)25-2)23-13-15-9-10-17(20)12-16(15)14-26-3;/h9-10,12H,4-8,11,13-14H2,1-3H3,(H2,21,22,23);1H. The number of guanidine groups is 1. The van der Waals surface area contributed by atoms with Crippen LogP contribution in [0.3, 0.4) is 0 Å². The van der Waals surface area contributed by atoms with Crippen LogP contribution in [0.25, 0.3) is 0 Å². The molecule has 0 aliphatic heterocycles. The van der Waals surface area contributed by atoms with Crippen LogP contribution in [0.15, 0.2) is 23.2 Å². The second-order valence-corrected chi connectivity index (χ2v) is 6.72. The van der Waals surface area contributed by atoms with Crippen molar-refractivity contribution in [1.29, 1.82) is 0 Å². The van der Waals surface area contributed by atoms with E-state index < -0.39 is 0 Å². The highest BCUT2D eigenvalue weighted by molar-refractivity contribution is 14.0. The highest BCUT2D eigenvalue weighted by atomic mass is 127. The molecule has 0 aliphatic rings. The molecule has 1 aromatic rings. The van der Waals surface area contributed by atoms with E-state index in [1.54, 1.807) is 23.9 Å². The molecule has 1 aromatic carbocycles. The zero-order valence-corrected chi connectivity index (χ0v) is 19.5. The maximum Gasteiger partial charge on any atom is 0.305 e. The van der Waals surface area contributed by atoms with Crippen molar-refractivity contribution in [3.05, 3.63) is 35.1 Å². The molecule has 0 bridgehead atoms. The van der Waals surface area contributed by atoms with Crippen molar-refractivity contribution in [3.63, 3.8) is 0 Å².